The molecule has 128 valence electrons. The summed E-state index contributed by atoms with van der Waals surface area (Å²) in [4.78, 5) is 16.1. The summed E-state index contributed by atoms with van der Waals surface area (Å²) in [5.41, 5.74) is 0.914. The molecule has 0 spiro atoms. The van der Waals surface area contributed by atoms with Crippen molar-refractivity contribution in [3.05, 3.63) is 34.9 Å². The van der Waals surface area contributed by atoms with E-state index in [1.54, 1.807) is 0 Å². The fraction of sp³-hybridized carbons (Fsp3) is 0.529. The van der Waals surface area contributed by atoms with Gasteiger partial charge in [0.25, 0.3) is 0 Å². The van der Waals surface area contributed by atoms with E-state index in [1.807, 2.05) is 52.0 Å². The molecule has 0 unspecified atom stereocenters. The van der Waals surface area contributed by atoms with Crippen molar-refractivity contribution in [3.8, 4) is 0 Å². The van der Waals surface area contributed by atoms with E-state index in [1.165, 1.54) is 0 Å². The van der Waals surface area contributed by atoms with Gasteiger partial charge < -0.3 is 16.0 Å². The Bertz CT molecular complexity index is 538. The lowest BCUT2D eigenvalue weighted by Crippen LogP contribution is -2.43. The molecular weight excluding hydrogens is 312 g/mol. The molecule has 0 radical (unpaired) electrons. The van der Waals surface area contributed by atoms with Crippen LogP contribution in [0.2, 0.25) is 5.02 Å². The minimum Gasteiger partial charge on any atom is -0.357 e. The third-order valence-electron chi connectivity index (χ3n) is 2.83. The number of aliphatic imine (C=N–C) groups is 1. The van der Waals surface area contributed by atoms with Crippen molar-refractivity contribution in [2.75, 3.05) is 19.6 Å². The predicted octanol–water partition coefficient (Wildman–Crippen LogP) is 2.35. The molecule has 1 aromatic carbocycles. The van der Waals surface area contributed by atoms with E-state index in [-0.39, 0.29) is 18.0 Å². The highest BCUT2D eigenvalue weighted by atomic mass is 35.5. The second-order valence-electron chi connectivity index (χ2n) is 6.30. The number of halogens is 1. The van der Waals surface area contributed by atoms with E-state index in [9.17, 15) is 4.79 Å². The van der Waals surface area contributed by atoms with Gasteiger partial charge in [-0.2, -0.15) is 0 Å². The molecule has 5 nitrogen and oxygen atoms in total. The van der Waals surface area contributed by atoms with Crippen LogP contribution in [-0.2, 0) is 11.2 Å². The van der Waals surface area contributed by atoms with Gasteiger partial charge in [-0.25, -0.2) is 4.99 Å². The zero-order chi connectivity index (χ0) is 17.3. The second-order valence-corrected chi connectivity index (χ2v) is 6.74. The van der Waals surface area contributed by atoms with E-state index in [2.05, 4.69) is 20.9 Å². The molecule has 0 aromatic heterocycles. The summed E-state index contributed by atoms with van der Waals surface area (Å²) in [6.45, 7) is 9.39. The van der Waals surface area contributed by atoms with Crippen LogP contribution in [0.15, 0.2) is 29.3 Å². The Balaban J connectivity index is 2.47. The van der Waals surface area contributed by atoms with Gasteiger partial charge in [-0.3, -0.25) is 4.79 Å². The van der Waals surface area contributed by atoms with Crippen LogP contribution >= 0.6 is 11.6 Å². The first-order valence-corrected chi connectivity index (χ1v) is 8.25. The number of carbonyl (C=O) groups is 1. The van der Waals surface area contributed by atoms with E-state index >= 15 is 0 Å². The van der Waals surface area contributed by atoms with E-state index in [0.29, 0.717) is 12.5 Å². The zero-order valence-corrected chi connectivity index (χ0v) is 15.1. The molecule has 1 aromatic rings. The number of hydrogen-bond donors (Lipinski definition) is 3. The normalized spacial score (nSPS) is 12.0. The topological polar surface area (TPSA) is 65.5 Å². The molecule has 23 heavy (non-hydrogen) atoms. The maximum atomic E-state index is 11.8. The molecule has 0 saturated carbocycles. The van der Waals surface area contributed by atoms with Crippen LogP contribution < -0.4 is 16.0 Å². The van der Waals surface area contributed by atoms with Gasteiger partial charge >= 0.3 is 0 Å². The van der Waals surface area contributed by atoms with Gasteiger partial charge in [0.2, 0.25) is 5.91 Å². The number of nitrogens with zero attached hydrogens (tertiary/aromatic N) is 1. The summed E-state index contributed by atoms with van der Waals surface area (Å²) < 4.78 is 0. The highest BCUT2D eigenvalue weighted by Gasteiger charge is 2.13. The van der Waals surface area contributed by atoms with Crippen LogP contribution in [0.1, 0.15) is 33.3 Å². The van der Waals surface area contributed by atoms with E-state index < -0.39 is 0 Å². The van der Waals surface area contributed by atoms with Crippen LogP contribution in [0, 0.1) is 0 Å². The quantitative estimate of drug-likeness (QED) is 0.551. The minimum atomic E-state index is -0.245. The molecule has 0 fully saturated rings. The summed E-state index contributed by atoms with van der Waals surface area (Å²) in [6, 6.07) is 7.78. The first-order valence-electron chi connectivity index (χ1n) is 7.88. The molecule has 0 atom stereocenters. The Morgan fingerprint density at radius 1 is 1.26 bits per heavy atom. The fourth-order valence-corrected chi connectivity index (χ4v) is 2.18. The third kappa shape index (κ3) is 9.08. The van der Waals surface area contributed by atoms with Crippen LogP contribution in [0.3, 0.4) is 0 Å². The second kappa shape index (κ2) is 9.40. The summed E-state index contributed by atoms with van der Waals surface area (Å²) in [6.07, 6.45) is 0.833. The van der Waals surface area contributed by atoms with Gasteiger partial charge in [-0.05, 0) is 51.8 Å². The summed E-state index contributed by atoms with van der Waals surface area (Å²) in [5, 5.41) is 9.98. The molecule has 0 aliphatic heterocycles. The Labute approximate surface area is 143 Å². The van der Waals surface area contributed by atoms with Crippen molar-refractivity contribution < 1.29 is 4.79 Å². The molecule has 0 bridgehead atoms. The Morgan fingerprint density at radius 3 is 2.61 bits per heavy atom. The summed E-state index contributed by atoms with van der Waals surface area (Å²) in [5.74, 6) is 0.545. The predicted molar refractivity (Wildman–Crippen MR) is 97.0 cm³/mol. The third-order valence-corrected chi connectivity index (χ3v) is 3.07. The summed E-state index contributed by atoms with van der Waals surface area (Å²) in [7, 11) is 0. The molecule has 3 N–H and O–H groups in total. The zero-order valence-electron chi connectivity index (χ0n) is 14.4. The van der Waals surface area contributed by atoms with Crippen LogP contribution in [0.25, 0.3) is 0 Å². The van der Waals surface area contributed by atoms with Crippen molar-refractivity contribution in [1.29, 1.82) is 0 Å². The molecule has 1 rings (SSSR count). The lowest BCUT2D eigenvalue weighted by atomic mass is 10.1. The molecule has 0 heterocycles. The van der Waals surface area contributed by atoms with Gasteiger partial charge in [0.05, 0.1) is 0 Å². The van der Waals surface area contributed by atoms with Crippen LogP contribution in [0.4, 0.5) is 0 Å². The van der Waals surface area contributed by atoms with Crippen LogP contribution in [0.5, 0.6) is 0 Å². The SMILES string of the molecule is CCNC(=NCC(=O)NC(C)(C)C)NCCc1cccc(Cl)c1. The van der Waals surface area contributed by atoms with Gasteiger partial charge in [-0.1, -0.05) is 23.7 Å². The Morgan fingerprint density at radius 2 is 2.00 bits per heavy atom. The molecular formula is C17H27ClN4O. The van der Waals surface area contributed by atoms with E-state index in [0.717, 1.165) is 23.6 Å². The molecule has 6 heteroatoms. The average Bonchev–Trinajstić information content (AvgIpc) is 2.43. The maximum Gasteiger partial charge on any atom is 0.242 e. The lowest BCUT2D eigenvalue weighted by molar-refractivity contribution is -0.121. The standard InChI is InChI=1S/C17H27ClN4O/c1-5-19-16(21-12-15(23)22-17(2,3)4)20-10-9-13-7-6-8-14(18)11-13/h6-8,11H,5,9-10,12H2,1-4H3,(H,22,23)(H2,19,20,21). The van der Waals surface area contributed by atoms with Crippen molar-refractivity contribution in [2.45, 2.75) is 39.7 Å². The average molecular weight is 339 g/mol. The van der Waals surface area contributed by atoms with E-state index in [4.69, 9.17) is 11.6 Å². The first-order chi connectivity index (χ1) is 10.8. The largest absolute Gasteiger partial charge is 0.357 e. The van der Waals surface area contributed by atoms with Gasteiger partial charge in [0, 0.05) is 23.7 Å². The highest BCUT2D eigenvalue weighted by Crippen LogP contribution is 2.10. The minimum absolute atomic E-state index is 0.0930. The highest BCUT2D eigenvalue weighted by molar-refractivity contribution is 6.30. The molecule has 1 amide bonds. The smallest absolute Gasteiger partial charge is 0.242 e. The van der Waals surface area contributed by atoms with Crippen molar-refractivity contribution >= 4 is 23.5 Å². The number of rotatable bonds is 6. The molecule has 0 aliphatic carbocycles. The number of hydrogen-bond acceptors (Lipinski definition) is 2. The van der Waals surface area contributed by atoms with Gasteiger partial charge in [0.15, 0.2) is 5.96 Å². The summed E-state index contributed by atoms with van der Waals surface area (Å²) >= 11 is 5.97. The Kier molecular flexibility index (Phi) is 7.89. The van der Waals surface area contributed by atoms with Gasteiger partial charge in [0.1, 0.15) is 6.54 Å². The van der Waals surface area contributed by atoms with Crippen molar-refractivity contribution in [1.82, 2.24) is 16.0 Å². The monoisotopic (exact) mass is 338 g/mol. The number of guanidine groups is 1. The first kappa shape index (κ1) is 19.3. The van der Waals surface area contributed by atoms with Gasteiger partial charge in [-0.15, -0.1) is 0 Å². The molecule has 0 aliphatic rings. The molecule has 0 saturated heterocycles. The number of nitrogens with one attached hydrogen (secondary N) is 3. The van der Waals surface area contributed by atoms with Crippen molar-refractivity contribution in [2.24, 2.45) is 4.99 Å². The van der Waals surface area contributed by atoms with Crippen LogP contribution in [-0.4, -0.2) is 37.0 Å². The number of benzene rings is 1. The lowest BCUT2D eigenvalue weighted by Gasteiger charge is -2.20. The Hall–Kier alpha value is -1.75. The maximum absolute atomic E-state index is 11.8. The fourth-order valence-electron chi connectivity index (χ4n) is 1.97. The number of carbonyl (C=O) groups excluding carboxylic acids is 1. The number of amides is 1. The van der Waals surface area contributed by atoms with Crippen molar-refractivity contribution in [3.63, 3.8) is 0 Å².